The molecule has 2 fully saturated rings. The number of nitrogens with zero attached hydrogens (tertiary/aromatic N) is 2. The standard InChI is InChI=1S/C23H27FN2O2/c24-20-12-6-7-13-21(20)25-14-16-26(17-15-25)22(27)23(28,19-10-4-5-11-19)18-8-2-1-3-9-18/h1-3,6-9,12-13,19,28H,4-5,10-11,14-17H2/t23-/m0/s1. The molecule has 2 aromatic carbocycles. The van der Waals surface area contributed by atoms with E-state index < -0.39 is 5.60 Å². The largest absolute Gasteiger partial charge is 0.375 e. The molecule has 1 saturated heterocycles. The van der Waals surface area contributed by atoms with E-state index in [-0.39, 0.29) is 17.6 Å². The van der Waals surface area contributed by atoms with Crippen molar-refractivity contribution in [3.05, 3.63) is 66.0 Å². The first-order valence-corrected chi connectivity index (χ1v) is 10.2. The summed E-state index contributed by atoms with van der Waals surface area (Å²) in [7, 11) is 0. The van der Waals surface area contributed by atoms with Gasteiger partial charge in [-0.3, -0.25) is 4.79 Å². The number of carbonyl (C=O) groups is 1. The lowest BCUT2D eigenvalue weighted by molar-refractivity contribution is -0.159. The van der Waals surface area contributed by atoms with E-state index in [1.807, 2.05) is 41.3 Å². The van der Waals surface area contributed by atoms with E-state index in [0.29, 0.717) is 37.4 Å². The van der Waals surface area contributed by atoms with Crippen LogP contribution in [0.25, 0.3) is 0 Å². The smallest absolute Gasteiger partial charge is 0.259 e. The van der Waals surface area contributed by atoms with Gasteiger partial charge in [-0.05, 0) is 30.5 Å². The number of rotatable bonds is 4. The maximum Gasteiger partial charge on any atom is 0.259 e. The van der Waals surface area contributed by atoms with Gasteiger partial charge in [-0.2, -0.15) is 0 Å². The molecule has 0 bridgehead atoms. The van der Waals surface area contributed by atoms with E-state index in [0.717, 1.165) is 25.7 Å². The minimum absolute atomic E-state index is 0.0491. The molecule has 1 atom stereocenters. The zero-order valence-corrected chi connectivity index (χ0v) is 16.1. The normalized spacial score (nSPS) is 20.2. The molecule has 2 aromatic rings. The summed E-state index contributed by atoms with van der Waals surface area (Å²) in [6.07, 6.45) is 3.83. The highest BCUT2D eigenvalue weighted by Gasteiger charge is 2.48. The van der Waals surface area contributed by atoms with E-state index in [2.05, 4.69) is 0 Å². The van der Waals surface area contributed by atoms with Crippen LogP contribution < -0.4 is 4.90 Å². The van der Waals surface area contributed by atoms with Gasteiger partial charge >= 0.3 is 0 Å². The van der Waals surface area contributed by atoms with Crippen molar-refractivity contribution in [1.82, 2.24) is 4.90 Å². The summed E-state index contributed by atoms with van der Waals surface area (Å²) in [5.74, 6) is -0.500. The summed E-state index contributed by atoms with van der Waals surface area (Å²) in [5, 5.41) is 11.7. The van der Waals surface area contributed by atoms with Crippen LogP contribution in [0.3, 0.4) is 0 Å². The summed E-state index contributed by atoms with van der Waals surface area (Å²) in [5.41, 5.74) is -0.218. The van der Waals surface area contributed by atoms with Crippen LogP contribution in [0.15, 0.2) is 54.6 Å². The van der Waals surface area contributed by atoms with Crippen LogP contribution in [0.1, 0.15) is 31.2 Å². The molecule has 28 heavy (non-hydrogen) atoms. The monoisotopic (exact) mass is 382 g/mol. The average Bonchev–Trinajstić information content (AvgIpc) is 3.29. The van der Waals surface area contributed by atoms with Crippen molar-refractivity contribution < 1.29 is 14.3 Å². The van der Waals surface area contributed by atoms with Gasteiger partial charge in [-0.1, -0.05) is 55.3 Å². The summed E-state index contributed by atoms with van der Waals surface area (Å²) in [6.45, 7) is 2.08. The lowest BCUT2D eigenvalue weighted by Crippen LogP contribution is -2.56. The number of halogens is 1. The van der Waals surface area contributed by atoms with Crippen molar-refractivity contribution in [3.8, 4) is 0 Å². The van der Waals surface area contributed by atoms with Gasteiger partial charge in [0.1, 0.15) is 5.82 Å². The number of carbonyl (C=O) groups excluding carboxylic acids is 1. The highest BCUT2D eigenvalue weighted by Crippen LogP contribution is 2.42. The van der Waals surface area contributed by atoms with Crippen LogP contribution in [0.4, 0.5) is 10.1 Å². The van der Waals surface area contributed by atoms with E-state index in [4.69, 9.17) is 0 Å². The molecule has 1 heterocycles. The number of benzene rings is 2. The molecule has 2 aliphatic rings. The number of piperazine rings is 1. The van der Waals surface area contributed by atoms with Crippen LogP contribution in [0.2, 0.25) is 0 Å². The van der Waals surface area contributed by atoms with Gasteiger partial charge in [-0.15, -0.1) is 0 Å². The van der Waals surface area contributed by atoms with E-state index in [9.17, 15) is 14.3 Å². The molecule has 1 aliphatic carbocycles. The highest BCUT2D eigenvalue weighted by atomic mass is 19.1. The molecular formula is C23H27FN2O2. The van der Waals surface area contributed by atoms with E-state index in [1.54, 1.807) is 17.0 Å². The molecule has 148 valence electrons. The van der Waals surface area contributed by atoms with Crippen molar-refractivity contribution in [1.29, 1.82) is 0 Å². The third-order valence-corrected chi connectivity index (χ3v) is 6.25. The Hall–Kier alpha value is -2.40. The van der Waals surface area contributed by atoms with Crippen molar-refractivity contribution >= 4 is 11.6 Å². The van der Waals surface area contributed by atoms with Gasteiger partial charge in [-0.25, -0.2) is 4.39 Å². The average molecular weight is 382 g/mol. The van der Waals surface area contributed by atoms with Crippen molar-refractivity contribution in [2.45, 2.75) is 31.3 Å². The molecule has 0 spiro atoms. The Bertz CT molecular complexity index is 814. The van der Waals surface area contributed by atoms with Crippen LogP contribution in [0, 0.1) is 11.7 Å². The number of anilines is 1. The Morgan fingerprint density at radius 1 is 0.929 bits per heavy atom. The second-order valence-corrected chi connectivity index (χ2v) is 7.84. The number of hydrogen-bond donors (Lipinski definition) is 1. The lowest BCUT2D eigenvalue weighted by Gasteiger charge is -2.42. The number of aliphatic hydroxyl groups is 1. The van der Waals surface area contributed by atoms with Crippen molar-refractivity contribution in [3.63, 3.8) is 0 Å². The minimum atomic E-state index is -1.47. The summed E-state index contributed by atoms with van der Waals surface area (Å²) in [4.78, 5) is 17.2. The fourth-order valence-electron chi connectivity index (χ4n) is 4.67. The number of amides is 1. The first-order chi connectivity index (χ1) is 13.6. The molecule has 0 unspecified atom stereocenters. The SMILES string of the molecule is O=C(N1CCN(c2ccccc2F)CC1)[C@](O)(c1ccccc1)C1CCCC1. The second-order valence-electron chi connectivity index (χ2n) is 7.84. The van der Waals surface area contributed by atoms with Gasteiger partial charge in [0.25, 0.3) is 5.91 Å². The van der Waals surface area contributed by atoms with Gasteiger partial charge in [0.15, 0.2) is 5.60 Å². The maximum absolute atomic E-state index is 14.1. The molecule has 0 radical (unpaired) electrons. The molecule has 1 saturated carbocycles. The Kier molecular flexibility index (Phi) is 5.36. The van der Waals surface area contributed by atoms with Gasteiger partial charge < -0.3 is 14.9 Å². The Morgan fingerprint density at radius 2 is 1.54 bits per heavy atom. The van der Waals surface area contributed by atoms with Crippen LogP contribution >= 0.6 is 0 Å². The third kappa shape index (κ3) is 3.39. The summed E-state index contributed by atoms with van der Waals surface area (Å²) in [6, 6.07) is 16.1. The predicted molar refractivity (Wildman–Crippen MR) is 107 cm³/mol. The molecular weight excluding hydrogens is 355 g/mol. The van der Waals surface area contributed by atoms with Crippen LogP contribution in [0.5, 0.6) is 0 Å². The zero-order valence-electron chi connectivity index (χ0n) is 16.1. The Balaban J connectivity index is 1.53. The Labute approximate surface area is 165 Å². The van der Waals surface area contributed by atoms with Gasteiger partial charge in [0.2, 0.25) is 0 Å². The lowest BCUT2D eigenvalue weighted by atomic mass is 9.79. The third-order valence-electron chi connectivity index (χ3n) is 6.25. The molecule has 1 aliphatic heterocycles. The maximum atomic E-state index is 14.1. The molecule has 5 heteroatoms. The van der Waals surface area contributed by atoms with Crippen LogP contribution in [-0.4, -0.2) is 42.1 Å². The summed E-state index contributed by atoms with van der Waals surface area (Å²) >= 11 is 0. The molecule has 4 nitrogen and oxygen atoms in total. The summed E-state index contributed by atoms with van der Waals surface area (Å²) < 4.78 is 14.1. The van der Waals surface area contributed by atoms with Gasteiger partial charge in [0.05, 0.1) is 5.69 Å². The fourth-order valence-corrected chi connectivity index (χ4v) is 4.67. The fraction of sp³-hybridized carbons (Fsp3) is 0.435. The first-order valence-electron chi connectivity index (χ1n) is 10.2. The topological polar surface area (TPSA) is 43.8 Å². The second kappa shape index (κ2) is 7.92. The van der Waals surface area contributed by atoms with Crippen LogP contribution in [-0.2, 0) is 10.4 Å². The van der Waals surface area contributed by atoms with Gasteiger partial charge in [0, 0.05) is 32.1 Å². The highest BCUT2D eigenvalue weighted by molar-refractivity contribution is 5.87. The predicted octanol–water partition coefficient (Wildman–Crippen LogP) is 3.55. The van der Waals surface area contributed by atoms with E-state index in [1.165, 1.54) is 6.07 Å². The van der Waals surface area contributed by atoms with Crippen molar-refractivity contribution in [2.75, 3.05) is 31.1 Å². The molecule has 4 rings (SSSR count). The molecule has 1 amide bonds. The molecule has 1 N–H and O–H groups in total. The quantitative estimate of drug-likeness (QED) is 0.880. The first kappa shape index (κ1) is 18.9. The zero-order chi connectivity index (χ0) is 19.6. The minimum Gasteiger partial charge on any atom is -0.375 e. The van der Waals surface area contributed by atoms with Crippen molar-refractivity contribution in [2.24, 2.45) is 5.92 Å². The molecule has 0 aromatic heterocycles. The van der Waals surface area contributed by atoms with E-state index >= 15 is 0 Å². The number of hydrogen-bond acceptors (Lipinski definition) is 3. The number of para-hydroxylation sites is 1. The Morgan fingerprint density at radius 3 is 2.18 bits per heavy atom.